The molecule has 1 aromatic rings. The monoisotopic (exact) mass is 234 g/mol. The van der Waals surface area contributed by atoms with Crippen molar-refractivity contribution in [3.63, 3.8) is 0 Å². The molecule has 0 aromatic heterocycles. The Morgan fingerprint density at radius 1 is 1.27 bits per heavy atom. The van der Waals surface area contributed by atoms with E-state index in [4.69, 9.17) is 0 Å². The number of rotatable bonds is 3. The summed E-state index contributed by atoms with van der Waals surface area (Å²) in [6.07, 6.45) is 0. The van der Waals surface area contributed by atoms with Gasteiger partial charge in [0.2, 0.25) is 0 Å². The molecule has 0 fully saturated rings. The molecular formula is C10H11NaO3S. The van der Waals surface area contributed by atoms with Crippen molar-refractivity contribution in [2.45, 2.75) is 18.7 Å². The van der Waals surface area contributed by atoms with Gasteiger partial charge in [0.25, 0.3) is 0 Å². The fraction of sp³-hybridized carbons (Fsp3) is 0.300. The van der Waals surface area contributed by atoms with Gasteiger partial charge < -0.3 is 4.55 Å². The molecule has 0 amide bonds. The maximum atomic E-state index is 11.5. The number of carbonyl (C=O) groups is 1. The standard InChI is InChI=1S/C10H12O3S.Na/c1-7(2)10(11)8-3-5-9(6-4-8)14(12)13;/h3-7H,1-2H3,(H,12,13);/q;+1/p-1. The summed E-state index contributed by atoms with van der Waals surface area (Å²) in [4.78, 5) is 11.7. The average molecular weight is 234 g/mol. The van der Waals surface area contributed by atoms with Crippen molar-refractivity contribution in [2.24, 2.45) is 5.92 Å². The fourth-order valence-electron chi connectivity index (χ4n) is 1.06. The summed E-state index contributed by atoms with van der Waals surface area (Å²) >= 11 is -2.22. The summed E-state index contributed by atoms with van der Waals surface area (Å²) in [6.45, 7) is 3.62. The first-order valence-corrected chi connectivity index (χ1v) is 5.33. The van der Waals surface area contributed by atoms with Gasteiger partial charge >= 0.3 is 29.6 Å². The van der Waals surface area contributed by atoms with Crippen molar-refractivity contribution in [3.8, 4) is 0 Å². The first kappa shape index (κ1) is 15.0. The van der Waals surface area contributed by atoms with Crippen LogP contribution in [0.2, 0.25) is 0 Å². The molecule has 0 aliphatic carbocycles. The van der Waals surface area contributed by atoms with Gasteiger partial charge in [-0.2, -0.15) is 0 Å². The van der Waals surface area contributed by atoms with Crippen LogP contribution in [0.4, 0.5) is 0 Å². The summed E-state index contributed by atoms with van der Waals surface area (Å²) in [5, 5.41) is 0. The number of Topliss-reactive ketones (excluding diaryl/α,β-unsaturated/α-hetero) is 1. The van der Waals surface area contributed by atoms with Crippen LogP contribution in [0.15, 0.2) is 29.2 Å². The van der Waals surface area contributed by atoms with Crippen LogP contribution >= 0.6 is 0 Å². The minimum Gasteiger partial charge on any atom is -0.768 e. The summed E-state index contributed by atoms with van der Waals surface area (Å²) < 4.78 is 21.1. The SMILES string of the molecule is CC(C)C(=O)c1ccc(S(=O)[O-])cc1.[Na+]. The molecule has 0 saturated carbocycles. The third kappa shape index (κ3) is 4.17. The van der Waals surface area contributed by atoms with Crippen molar-refractivity contribution in [1.82, 2.24) is 0 Å². The van der Waals surface area contributed by atoms with Gasteiger partial charge in [0.1, 0.15) is 0 Å². The minimum atomic E-state index is -2.22. The van der Waals surface area contributed by atoms with Crippen molar-refractivity contribution in [1.29, 1.82) is 0 Å². The maximum Gasteiger partial charge on any atom is 1.00 e. The van der Waals surface area contributed by atoms with Crippen LogP contribution in [-0.4, -0.2) is 14.5 Å². The molecule has 0 aliphatic heterocycles. The number of carbonyl (C=O) groups excluding carboxylic acids is 1. The predicted octanol–water partition coefficient (Wildman–Crippen LogP) is -1.23. The largest absolute Gasteiger partial charge is 1.00 e. The third-order valence-electron chi connectivity index (χ3n) is 1.86. The van der Waals surface area contributed by atoms with Gasteiger partial charge in [-0.1, -0.05) is 26.0 Å². The molecule has 5 heteroatoms. The van der Waals surface area contributed by atoms with E-state index in [0.717, 1.165) is 0 Å². The molecule has 0 aliphatic rings. The minimum absolute atomic E-state index is 0. The summed E-state index contributed by atoms with van der Waals surface area (Å²) in [5.41, 5.74) is 0.550. The molecular weight excluding hydrogens is 223 g/mol. The Labute approximate surface area is 114 Å². The number of hydrogen-bond donors (Lipinski definition) is 0. The number of ketones is 1. The van der Waals surface area contributed by atoms with E-state index in [-0.39, 0.29) is 46.2 Å². The molecule has 0 heterocycles. The van der Waals surface area contributed by atoms with E-state index in [9.17, 15) is 13.6 Å². The van der Waals surface area contributed by atoms with Crippen LogP contribution in [0.25, 0.3) is 0 Å². The topological polar surface area (TPSA) is 57.2 Å². The molecule has 1 unspecified atom stereocenters. The van der Waals surface area contributed by atoms with Gasteiger partial charge in [-0.05, 0) is 23.2 Å². The Hall–Kier alpha value is -0.000000000000000222. The molecule has 0 spiro atoms. The van der Waals surface area contributed by atoms with E-state index in [2.05, 4.69) is 0 Å². The third-order valence-corrected chi connectivity index (χ3v) is 2.51. The molecule has 76 valence electrons. The van der Waals surface area contributed by atoms with Crippen molar-refractivity contribution in [3.05, 3.63) is 29.8 Å². The van der Waals surface area contributed by atoms with Crippen LogP contribution < -0.4 is 29.6 Å². The zero-order valence-corrected chi connectivity index (χ0v) is 11.8. The van der Waals surface area contributed by atoms with E-state index in [1.165, 1.54) is 24.3 Å². The van der Waals surface area contributed by atoms with Gasteiger partial charge in [-0.3, -0.25) is 9.00 Å². The molecule has 1 atom stereocenters. The Kier molecular flexibility index (Phi) is 6.55. The Bertz CT molecular complexity index is 359. The van der Waals surface area contributed by atoms with Crippen molar-refractivity contribution < 1.29 is 43.1 Å². The van der Waals surface area contributed by atoms with Gasteiger partial charge in [0.05, 0.1) is 0 Å². The molecule has 1 aromatic carbocycles. The van der Waals surface area contributed by atoms with E-state index < -0.39 is 11.1 Å². The molecule has 0 radical (unpaired) electrons. The second kappa shape index (κ2) is 6.55. The Morgan fingerprint density at radius 3 is 2.07 bits per heavy atom. The van der Waals surface area contributed by atoms with Crippen LogP contribution in [-0.2, 0) is 11.1 Å². The van der Waals surface area contributed by atoms with Gasteiger partial charge in [-0.15, -0.1) is 0 Å². The van der Waals surface area contributed by atoms with Crippen LogP contribution in [0.1, 0.15) is 24.2 Å². The number of benzene rings is 1. The summed E-state index contributed by atoms with van der Waals surface area (Å²) in [7, 11) is 0. The Balaban J connectivity index is 0.00000196. The van der Waals surface area contributed by atoms with Crippen LogP contribution in [0, 0.1) is 5.92 Å². The first-order chi connectivity index (χ1) is 6.52. The maximum absolute atomic E-state index is 11.5. The summed E-state index contributed by atoms with van der Waals surface area (Å²) in [5.74, 6) is -0.0492. The Morgan fingerprint density at radius 2 is 1.73 bits per heavy atom. The fourth-order valence-corrected chi connectivity index (χ4v) is 1.42. The smallest absolute Gasteiger partial charge is 0.768 e. The molecule has 0 saturated heterocycles. The molecule has 0 bridgehead atoms. The van der Waals surface area contributed by atoms with Crippen molar-refractivity contribution in [2.75, 3.05) is 0 Å². The van der Waals surface area contributed by atoms with Crippen LogP contribution in [0.3, 0.4) is 0 Å². The summed E-state index contributed by atoms with van der Waals surface area (Å²) in [6, 6.07) is 5.93. The van der Waals surface area contributed by atoms with E-state index in [0.29, 0.717) is 5.56 Å². The van der Waals surface area contributed by atoms with Gasteiger partial charge in [0.15, 0.2) is 5.78 Å². The average Bonchev–Trinajstić information content (AvgIpc) is 2.16. The quantitative estimate of drug-likeness (QED) is 0.374. The van der Waals surface area contributed by atoms with Gasteiger partial charge in [0, 0.05) is 16.4 Å². The van der Waals surface area contributed by atoms with Gasteiger partial charge in [-0.25, -0.2) is 0 Å². The molecule has 3 nitrogen and oxygen atoms in total. The second-order valence-corrected chi connectivity index (χ2v) is 4.22. The van der Waals surface area contributed by atoms with E-state index in [1.807, 2.05) is 13.8 Å². The zero-order chi connectivity index (χ0) is 10.7. The molecule has 0 N–H and O–H groups in total. The second-order valence-electron chi connectivity index (χ2n) is 3.28. The van der Waals surface area contributed by atoms with E-state index in [1.54, 1.807) is 0 Å². The predicted molar refractivity (Wildman–Crippen MR) is 52.8 cm³/mol. The van der Waals surface area contributed by atoms with E-state index >= 15 is 0 Å². The number of hydrogen-bond acceptors (Lipinski definition) is 3. The molecule has 1 rings (SSSR count). The zero-order valence-electron chi connectivity index (χ0n) is 9.02. The normalized spacial score (nSPS) is 12.0. The molecule has 15 heavy (non-hydrogen) atoms. The van der Waals surface area contributed by atoms with Crippen LogP contribution in [0.5, 0.6) is 0 Å². The first-order valence-electron chi connectivity index (χ1n) is 4.26. The van der Waals surface area contributed by atoms with Crippen molar-refractivity contribution >= 4 is 16.9 Å².